The molecule has 0 spiro atoms. The van der Waals surface area contributed by atoms with E-state index in [1.807, 2.05) is 11.0 Å². The molecule has 0 saturated carbocycles. The van der Waals surface area contributed by atoms with Crippen molar-refractivity contribution in [2.45, 2.75) is 30.8 Å². The third kappa shape index (κ3) is 4.08. The van der Waals surface area contributed by atoms with Gasteiger partial charge in [-0.25, -0.2) is 0 Å². The number of amides is 1. The zero-order chi connectivity index (χ0) is 20.2. The van der Waals surface area contributed by atoms with Gasteiger partial charge in [0.15, 0.2) is 0 Å². The minimum Gasteiger partial charge on any atom is -0.395 e. The summed E-state index contributed by atoms with van der Waals surface area (Å²) in [6.07, 6.45) is 2.04. The second-order valence-corrected chi connectivity index (χ2v) is 8.05. The zero-order valence-corrected chi connectivity index (χ0v) is 17.0. The van der Waals surface area contributed by atoms with Crippen LogP contribution in [0.5, 0.6) is 0 Å². The molecule has 0 unspecified atom stereocenters. The molecular weight excluding hydrogens is 364 g/mol. The average Bonchev–Trinajstić information content (AvgIpc) is 2.74. The first-order chi connectivity index (χ1) is 14.2. The highest BCUT2D eigenvalue weighted by atomic mass is 16.5. The Balaban J connectivity index is 1.56. The molecule has 0 radical (unpaired) electrons. The van der Waals surface area contributed by atoms with Crippen LogP contribution in [0.15, 0.2) is 54.6 Å². The van der Waals surface area contributed by atoms with E-state index in [0.717, 1.165) is 25.9 Å². The number of nitrogens with zero attached hydrogens (tertiary/aromatic N) is 2. The number of benzene rings is 2. The smallest absolute Gasteiger partial charge is 0.248 e. The fraction of sp³-hybridized carbons (Fsp3) is 0.458. The highest BCUT2D eigenvalue weighted by molar-refractivity contribution is 5.77. The van der Waals surface area contributed by atoms with Crippen molar-refractivity contribution in [2.75, 3.05) is 40.0 Å². The Hall–Kier alpha value is -2.21. The fourth-order valence-electron chi connectivity index (χ4n) is 4.91. The first-order valence-electron chi connectivity index (χ1n) is 10.5. The second-order valence-electron chi connectivity index (χ2n) is 8.05. The molecule has 0 aromatic heterocycles. The molecule has 3 atom stereocenters. The molecule has 2 aliphatic rings. The minimum absolute atomic E-state index is 0.0555. The van der Waals surface area contributed by atoms with Gasteiger partial charge < -0.3 is 14.7 Å². The number of carbonyl (C=O) groups is 1. The van der Waals surface area contributed by atoms with E-state index < -0.39 is 0 Å². The highest BCUT2D eigenvalue weighted by Crippen LogP contribution is 2.42. The maximum absolute atomic E-state index is 12.5. The van der Waals surface area contributed by atoms with Crippen molar-refractivity contribution in [3.8, 4) is 11.1 Å². The number of carbonyl (C=O) groups excluding carboxylic acids is 1. The van der Waals surface area contributed by atoms with Crippen LogP contribution in [0.4, 0.5) is 0 Å². The first-order valence-corrected chi connectivity index (χ1v) is 10.5. The summed E-state index contributed by atoms with van der Waals surface area (Å²) in [6.45, 7) is 2.75. The standard InChI is InChI=1S/C24H30N2O3/c1-29-17-23(28)25-13-5-6-14-26-21(15-25)24(22(26)16-27)20-11-9-19(10-12-20)18-7-3-2-4-8-18/h2-4,7-12,21-22,24,27H,5-6,13-17H2,1H3/t21-,22-,24-/m1/s1. The van der Waals surface area contributed by atoms with Crippen LogP contribution in [0.25, 0.3) is 11.1 Å². The Bertz CT molecular complexity index is 809. The minimum atomic E-state index is 0.0555. The number of hydrogen-bond acceptors (Lipinski definition) is 4. The monoisotopic (exact) mass is 394 g/mol. The summed E-state index contributed by atoms with van der Waals surface area (Å²) in [5, 5.41) is 10.1. The number of fused-ring (bicyclic) bond motifs is 1. The topological polar surface area (TPSA) is 53.0 Å². The molecule has 5 heteroatoms. The van der Waals surface area contributed by atoms with E-state index in [2.05, 4.69) is 53.4 Å². The van der Waals surface area contributed by atoms with Gasteiger partial charge in [0, 0.05) is 38.2 Å². The fourth-order valence-corrected chi connectivity index (χ4v) is 4.91. The summed E-state index contributed by atoms with van der Waals surface area (Å²) in [7, 11) is 1.57. The van der Waals surface area contributed by atoms with Crippen LogP contribution in [-0.2, 0) is 9.53 Å². The van der Waals surface area contributed by atoms with Gasteiger partial charge in [0.1, 0.15) is 6.61 Å². The molecule has 2 aromatic carbocycles. The van der Waals surface area contributed by atoms with Crippen molar-refractivity contribution in [1.82, 2.24) is 9.80 Å². The van der Waals surface area contributed by atoms with Crippen molar-refractivity contribution in [1.29, 1.82) is 0 Å². The van der Waals surface area contributed by atoms with E-state index in [9.17, 15) is 9.90 Å². The normalized spacial score (nSPS) is 24.9. The summed E-state index contributed by atoms with van der Waals surface area (Å²) < 4.78 is 5.07. The SMILES string of the molecule is COCC(=O)N1CCCCN2[C@H](CO)[C@H](c3ccc(-c4ccccc4)cc3)[C@H]2C1. The third-order valence-electron chi connectivity index (χ3n) is 6.39. The number of aliphatic hydroxyl groups excluding tert-OH is 1. The van der Waals surface area contributed by atoms with Crippen LogP contribution >= 0.6 is 0 Å². The van der Waals surface area contributed by atoms with E-state index in [0.29, 0.717) is 6.54 Å². The summed E-state index contributed by atoms with van der Waals surface area (Å²) in [5.74, 6) is 0.292. The molecule has 2 saturated heterocycles. The summed E-state index contributed by atoms with van der Waals surface area (Å²) in [5.41, 5.74) is 3.64. The van der Waals surface area contributed by atoms with Crippen molar-refractivity contribution in [2.24, 2.45) is 0 Å². The maximum Gasteiger partial charge on any atom is 0.248 e. The predicted molar refractivity (Wildman–Crippen MR) is 114 cm³/mol. The predicted octanol–water partition coefficient (Wildman–Crippen LogP) is 2.75. The van der Waals surface area contributed by atoms with E-state index in [1.165, 1.54) is 16.7 Å². The van der Waals surface area contributed by atoms with Crippen LogP contribution in [0, 0.1) is 0 Å². The van der Waals surface area contributed by atoms with Gasteiger partial charge in [-0.15, -0.1) is 0 Å². The molecule has 0 aliphatic carbocycles. The maximum atomic E-state index is 12.5. The largest absolute Gasteiger partial charge is 0.395 e. The lowest BCUT2D eigenvalue weighted by molar-refractivity contribution is -0.140. The number of rotatable bonds is 5. The van der Waals surface area contributed by atoms with E-state index in [-0.39, 0.29) is 37.1 Å². The molecule has 2 aliphatic heterocycles. The number of ether oxygens (including phenoxy) is 1. The molecule has 2 fully saturated rings. The third-order valence-corrected chi connectivity index (χ3v) is 6.39. The summed E-state index contributed by atoms with van der Waals surface area (Å²) in [4.78, 5) is 16.8. The van der Waals surface area contributed by atoms with Crippen molar-refractivity contribution in [3.05, 3.63) is 60.2 Å². The average molecular weight is 395 g/mol. The molecule has 2 heterocycles. The molecule has 154 valence electrons. The highest BCUT2D eigenvalue weighted by Gasteiger charge is 2.49. The van der Waals surface area contributed by atoms with Crippen molar-refractivity contribution < 1.29 is 14.6 Å². The molecule has 4 rings (SSSR count). The molecule has 1 amide bonds. The number of aliphatic hydroxyl groups is 1. The lowest BCUT2D eigenvalue weighted by Crippen LogP contribution is -2.68. The van der Waals surface area contributed by atoms with E-state index in [4.69, 9.17) is 4.74 Å². The van der Waals surface area contributed by atoms with Gasteiger partial charge in [-0.2, -0.15) is 0 Å². The molecule has 0 bridgehead atoms. The lowest BCUT2D eigenvalue weighted by atomic mass is 9.74. The van der Waals surface area contributed by atoms with Gasteiger partial charge in [-0.05, 0) is 36.1 Å². The van der Waals surface area contributed by atoms with Crippen LogP contribution in [0.2, 0.25) is 0 Å². The molecule has 5 nitrogen and oxygen atoms in total. The van der Waals surface area contributed by atoms with Crippen molar-refractivity contribution >= 4 is 5.91 Å². The van der Waals surface area contributed by atoms with Gasteiger partial charge in [-0.3, -0.25) is 9.69 Å². The number of methoxy groups -OCH3 is 1. The Morgan fingerprint density at radius 2 is 1.72 bits per heavy atom. The molecule has 2 aromatic rings. The Kier molecular flexibility index (Phi) is 6.28. The van der Waals surface area contributed by atoms with Gasteiger partial charge in [-0.1, -0.05) is 54.6 Å². The van der Waals surface area contributed by atoms with E-state index in [1.54, 1.807) is 7.11 Å². The first kappa shape index (κ1) is 20.1. The Morgan fingerprint density at radius 3 is 2.41 bits per heavy atom. The van der Waals surface area contributed by atoms with Gasteiger partial charge in [0.05, 0.1) is 6.61 Å². The lowest BCUT2D eigenvalue weighted by Gasteiger charge is -2.57. The van der Waals surface area contributed by atoms with Crippen LogP contribution in [0.1, 0.15) is 24.3 Å². The zero-order valence-electron chi connectivity index (χ0n) is 17.0. The number of hydrogen-bond donors (Lipinski definition) is 1. The summed E-state index contributed by atoms with van der Waals surface area (Å²) in [6, 6.07) is 19.4. The van der Waals surface area contributed by atoms with Crippen LogP contribution in [-0.4, -0.2) is 72.9 Å². The van der Waals surface area contributed by atoms with Gasteiger partial charge in [0.25, 0.3) is 0 Å². The van der Waals surface area contributed by atoms with Gasteiger partial charge in [0.2, 0.25) is 5.91 Å². The van der Waals surface area contributed by atoms with Crippen LogP contribution in [0.3, 0.4) is 0 Å². The molecular formula is C24H30N2O3. The van der Waals surface area contributed by atoms with Crippen LogP contribution < -0.4 is 0 Å². The van der Waals surface area contributed by atoms with Gasteiger partial charge >= 0.3 is 0 Å². The molecule has 29 heavy (non-hydrogen) atoms. The van der Waals surface area contributed by atoms with Crippen molar-refractivity contribution in [3.63, 3.8) is 0 Å². The van der Waals surface area contributed by atoms with E-state index >= 15 is 0 Å². The Morgan fingerprint density at radius 1 is 1.03 bits per heavy atom. The second kappa shape index (κ2) is 9.08. The molecule has 1 N–H and O–H groups in total. The summed E-state index contributed by atoms with van der Waals surface area (Å²) >= 11 is 0. The Labute approximate surface area is 172 Å². The quantitative estimate of drug-likeness (QED) is 0.847.